The summed E-state index contributed by atoms with van der Waals surface area (Å²) in [7, 11) is 3.95. The van der Waals surface area contributed by atoms with E-state index in [1.165, 1.54) is 18.4 Å². The molecule has 0 atom stereocenters. The van der Waals surface area contributed by atoms with Crippen LogP contribution in [0.3, 0.4) is 0 Å². The van der Waals surface area contributed by atoms with Crippen LogP contribution in [0.4, 0.5) is 0 Å². The number of halogens is 1. The van der Waals surface area contributed by atoms with Gasteiger partial charge in [-0.1, -0.05) is 30.3 Å². The minimum Gasteiger partial charge on any atom is -0.381 e. The van der Waals surface area contributed by atoms with Crippen LogP contribution in [-0.4, -0.2) is 57.8 Å². The third kappa shape index (κ3) is 10.7. The van der Waals surface area contributed by atoms with Gasteiger partial charge in [0.25, 0.3) is 0 Å². The highest BCUT2D eigenvalue weighted by molar-refractivity contribution is 14.0. The summed E-state index contributed by atoms with van der Waals surface area (Å²) >= 11 is 0. The van der Waals surface area contributed by atoms with Crippen LogP contribution in [0.15, 0.2) is 35.3 Å². The van der Waals surface area contributed by atoms with E-state index in [2.05, 4.69) is 57.9 Å². The first-order chi connectivity index (χ1) is 11.8. The van der Waals surface area contributed by atoms with Crippen molar-refractivity contribution in [3.63, 3.8) is 0 Å². The van der Waals surface area contributed by atoms with Crippen molar-refractivity contribution in [3.8, 4) is 0 Å². The molecule has 1 aromatic carbocycles. The lowest BCUT2D eigenvalue weighted by Gasteiger charge is -2.18. The maximum absolute atomic E-state index is 5.64. The van der Waals surface area contributed by atoms with Crippen LogP contribution in [0, 0.1) is 5.92 Å². The highest BCUT2D eigenvalue weighted by atomic mass is 127. The summed E-state index contributed by atoms with van der Waals surface area (Å²) in [6, 6.07) is 10.5. The molecule has 2 rings (SSSR count). The first-order valence-corrected chi connectivity index (χ1v) is 9.02. The summed E-state index contributed by atoms with van der Waals surface area (Å²) in [5.41, 5.74) is 1.34. The maximum Gasteiger partial charge on any atom is 0.191 e. The molecule has 1 aliphatic carbocycles. The molecule has 0 bridgehead atoms. The molecule has 0 saturated heterocycles. The Morgan fingerprint density at radius 1 is 1.20 bits per heavy atom. The Morgan fingerprint density at radius 3 is 2.60 bits per heavy atom. The van der Waals surface area contributed by atoms with Gasteiger partial charge >= 0.3 is 0 Å². The van der Waals surface area contributed by atoms with Gasteiger partial charge in [0.2, 0.25) is 0 Å². The number of benzene rings is 1. The second kappa shape index (κ2) is 13.4. The molecule has 142 valence electrons. The van der Waals surface area contributed by atoms with Crippen molar-refractivity contribution in [1.82, 2.24) is 15.5 Å². The molecule has 0 radical (unpaired) electrons. The first kappa shape index (κ1) is 22.2. The molecular formula is C19H33IN4O. The second-order valence-corrected chi connectivity index (χ2v) is 6.52. The van der Waals surface area contributed by atoms with Gasteiger partial charge in [0.15, 0.2) is 5.96 Å². The van der Waals surface area contributed by atoms with Crippen LogP contribution in [0.2, 0.25) is 0 Å². The van der Waals surface area contributed by atoms with Crippen LogP contribution < -0.4 is 10.6 Å². The van der Waals surface area contributed by atoms with Gasteiger partial charge < -0.3 is 20.3 Å². The van der Waals surface area contributed by atoms with Gasteiger partial charge in [0.05, 0.1) is 0 Å². The summed E-state index contributed by atoms with van der Waals surface area (Å²) in [5, 5.41) is 6.70. The number of rotatable bonds is 11. The van der Waals surface area contributed by atoms with Gasteiger partial charge in [0.1, 0.15) is 0 Å². The zero-order valence-corrected chi connectivity index (χ0v) is 17.9. The Labute approximate surface area is 169 Å². The van der Waals surface area contributed by atoms with Gasteiger partial charge in [-0.05, 0) is 37.8 Å². The highest BCUT2D eigenvalue weighted by Gasteiger charge is 2.20. The van der Waals surface area contributed by atoms with Gasteiger partial charge in [-0.2, -0.15) is 0 Å². The third-order valence-corrected chi connectivity index (χ3v) is 4.11. The Hall–Kier alpha value is -0.860. The summed E-state index contributed by atoms with van der Waals surface area (Å²) in [6.07, 6.45) is 3.72. The van der Waals surface area contributed by atoms with E-state index >= 15 is 0 Å². The van der Waals surface area contributed by atoms with Crippen molar-refractivity contribution in [1.29, 1.82) is 0 Å². The normalized spacial score (nSPS) is 14.3. The van der Waals surface area contributed by atoms with Crippen LogP contribution in [0.25, 0.3) is 0 Å². The zero-order chi connectivity index (χ0) is 17.0. The minimum atomic E-state index is 0. The molecule has 1 fully saturated rings. The molecule has 2 N–H and O–H groups in total. The first-order valence-electron chi connectivity index (χ1n) is 9.02. The zero-order valence-electron chi connectivity index (χ0n) is 15.5. The summed E-state index contributed by atoms with van der Waals surface area (Å²) in [5.74, 6) is 1.71. The second-order valence-electron chi connectivity index (χ2n) is 6.52. The SMILES string of the molecule is CN=C(NCCCOCC1CC1)NCCN(C)Cc1ccccc1.I. The van der Waals surface area contributed by atoms with Crippen LogP contribution in [-0.2, 0) is 11.3 Å². The predicted molar refractivity (Wildman–Crippen MR) is 116 cm³/mol. The molecule has 6 heteroatoms. The summed E-state index contributed by atoms with van der Waals surface area (Å²) in [4.78, 5) is 6.57. The topological polar surface area (TPSA) is 48.9 Å². The lowest BCUT2D eigenvalue weighted by molar-refractivity contribution is 0.123. The highest BCUT2D eigenvalue weighted by Crippen LogP contribution is 2.28. The largest absolute Gasteiger partial charge is 0.381 e. The van der Waals surface area contributed by atoms with Gasteiger partial charge in [-0.25, -0.2) is 0 Å². The van der Waals surface area contributed by atoms with E-state index in [0.717, 1.165) is 57.7 Å². The number of nitrogens with one attached hydrogen (secondary N) is 2. The fourth-order valence-electron chi connectivity index (χ4n) is 2.48. The van der Waals surface area contributed by atoms with E-state index < -0.39 is 0 Å². The number of hydrogen-bond donors (Lipinski definition) is 2. The quantitative estimate of drug-likeness (QED) is 0.231. The average molecular weight is 460 g/mol. The smallest absolute Gasteiger partial charge is 0.191 e. The number of nitrogens with zero attached hydrogens (tertiary/aromatic N) is 2. The molecule has 5 nitrogen and oxygen atoms in total. The van der Waals surface area contributed by atoms with Gasteiger partial charge in [0, 0.05) is 46.4 Å². The van der Waals surface area contributed by atoms with Gasteiger partial charge in [-0.3, -0.25) is 4.99 Å². The molecule has 0 aliphatic heterocycles. The monoisotopic (exact) mass is 460 g/mol. The Morgan fingerprint density at radius 2 is 1.92 bits per heavy atom. The number of guanidine groups is 1. The fourth-order valence-corrected chi connectivity index (χ4v) is 2.48. The van der Waals surface area contributed by atoms with Crippen molar-refractivity contribution < 1.29 is 4.74 Å². The van der Waals surface area contributed by atoms with E-state index in [0.29, 0.717) is 0 Å². The number of likely N-dealkylation sites (N-methyl/N-ethyl adjacent to an activating group) is 1. The molecule has 1 aliphatic rings. The maximum atomic E-state index is 5.64. The summed E-state index contributed by atoms with van der Waals surface area (Å²) in [6.45, 7) is 5.49. The standard InChI is InChI=1S/C19H32N4O.HI/c1-20-19(21-11-6-14-24-16-18-9-10-18)22-12-13-23(2)15-17-7-4-3-5-8-17;/h3-5,7-8,18H,6,9-16H2,1-2H3,(H2,20,21,22);1H. The fraction of sp³-hybridized carbons (Fsp3) is 0.632. The third-order valence-electron chi connectivity index (χ3n) is 4.11. The molecule has 0 aromatic heterocycles. The Bertz CT molecular complexity index is 480. The van der Waals surface area contributed by atoms with Crippen LogP contribution in [0.5, 0.6) is 0 Å². The lowest BCUT2D eigenvalue weighted by atomic mass is 10.2. The van der Waals surface area contributed by atoms with E-state index in [9.17, 15) is 0 Å². The Kier molecular flexibility index (Phi) is 11.9. The number of hydrogen-bond acceptors (Lipinski definition) is 3. The molecule has 0 spiro atoms. The molecule has 1 aromatic rings. The van der Waals surface area contributed by atoms with E-state index in [4.69, 9.17) is 4.74 Å². The van der Waals surface area contributed by atoms with Crippen molar-refractivity contribution >= 4 is 29.9 Å². The van der Waals surface area contributed by atoms with Crippen molar-refractivity contribution in [3.05, 3.63) is 35.9 Å². The Balaban J connectivity index is 0.00000312. The van der Waals surface area contributed by atoms with Gasteiger partial charge in [-0.15, -0.1) is 24.0 Å². The molecule has 0 unspecified atom stereocenters. The lowest BCUT2D eigenvalue weighted by Crippen LogP contribution is -2.41. The van der Waals surface area contributed by atoms with Crippen molar-refractivity contribution in [2.75, 3.05) is 46.9 Å². The minimum absolute atomic E-state index is 0. The average Bonchev–Trinajstić information content (AvgIpc) is 3.41. The molecule has 0 amide bonds. The van der Waals surface area contributed by atoms with Crippen molar-refractivity contribution in [2.45, 2.75) is 25.8 Å². The van der Waals surface area contributed by atoms with E-state index in [1.807, 2.05) is 7.05 Å². The summed E-state index contributed by atoms with van der Waals surface area (Å²) < 4.78 is 5.64. The predicted octanol–water partition coefficient (Wildman–Crippen LogP) is 2.72. The number of ether oxygens (including phenoxy) is 1. The van der Waals surface area contributed by atoms with E-state index in [-0.39, 0.29) is 24.0 Å². The van der Waals surface area contributed by atoms with Crippen LogP contribution in [0.1, 0.15) is 24.8 Å². The molecule has 0 heterocycles. The molecule has 25 heavy (non-hydrogen) atoms. The van der Waals surface area contributed by atoms with Crippen LogP contribution >= 0.6 is 24.0 Å². The van der Waals surface area contributed by atoms with E-state index in [1.54, 1.807) is 0 Å². The molecular weight excluding hydrogens is 427 g/mol. The number of aliphatic imine (C=N–C) groups is 1. The van der Waals surface area contributed by atoms with Crippen molar-refractivity contribution in [2.24, 2.45) is 10.9 Å². The molecule has 1 saturated carbocycles.